The fourth-order valence-electron chi connectivity index (χ4n) is 2.81. The van der Waals surface area contributed by atoms with E-state index in [0.717, 1.165) is 22.4 Å². The van der Waals surface area contributed by atoms with Crippen LogP contribution in [0.3, 0.4) is 0 Å². The van der Waals surface area contributed by atoms with Gasteiger partial charge in [0.15, 0.2) is 0 Å². The second kappa shape index (κ2) is 7.06. The number of ether oxygens (including phenoxy) is 1. The van der Waals surface area contributed by atoms with Gasteiger partial charge >= 0.3 is 0 Å². The molecule has 0 saturated heterocycles. The van der Waals surface area contributed by atoms with Crippen LogP contribution < -0.4 is 10.3 Å². The van der Waals surface area contributed by atoms with Crippen molar-refractivity contribution in [3.05, 3.63) is 76.1 Å². The second-order valence-electron chi connectivity index (χ2n) is 5.68. The molecule has 4 nitrogen and oxygen atoms in total. The summed E-state index contributed by atoms with van der Waals surface area (Å²) in [5.74, 6) is 0.779. The number of rotatable bonds is 4. The van der Waals surface area contributed by atoms with Gasteiger partial charge in [0, 0.05) is 11.3 Å². The second-order valence-corrected chi connectivity index (χ2v) is 5.68. The van der Waals surface area contributed by atoms with Gasteiger partial charge in [-0.2, -0.15) is 5.26 Å². The molecule has 124 valence electrons. The molecule has 1 N–H and O–H groups in total. The van der Waals surface area contributed by atoms with Crippen LogP contribution in [0.5, 0.6) is 5.75 Å². The topological polar surface area (TPSA) is 65.9 Å². The molecule has 0 atom stereocenters. The van der Waals surface area contributed by atoms with Crippen LogP contribution in [0.15, 0.2) is 59.4 Å². The van der Waals surface area contributed by atoms with Crippen molar-refractivity contribution < 1.29 is 4.74 Å². The lowest BCUT2D eigenvalue weighted by molar-refractivity contribution is 0.340. The maximum Gasteiger partial charge on any atom is 0.266 e. The summed E-state index contributed by atoms with van der Waals surface area (Å²) in [6.07, 6.45) is 0. The van der Waals surface area contributed by atoms with Gasteiger partial charge in [0.25, 0.3) is 5.56 Å². The summed E-state index contributed by atoms with van der Waals surface area (Å²) in [7, 11) is 0. The molecule has 0 spiro atoms. The summed E-state index contributed by atoms with van der Waals surface area (Å²) >= 11 is 0. The number of nitrogens with zero attached hydrogens (tertiary/aromatic N) is 1. The fourth-order valence-corrected chi connectivity index (χ4v) is 2.81. The van der Waals surface area contributed by atoms with E-state index in [2.05, 4.69) is 4.98 Å². The van der Waals surface area contributed by atoms with Crippen LogP contribution >= 0.6 is 0 Å². The molecule has 0 aliphatic carbocycles. The van der Waals surface area contributed by atoms with E-state index in [1.54, 1.807) is 0 Å². The number of aromatic amines is 1. The Kier molecular flexibility index (Phi) is 4.67. The monoisotopic (exact) mass is 330 g/mol. The first-order valence-electron chi connectivity index (χ1n) is 8.10. The van der Waals surface area contributed by atoms with Gasteiger partial charge in [-0.25, -0.2) is 0 Å². The average Bonchev–Trinajstić information content (AvgIpc) is 2.62. The molecular formula is C21H18N2O2. The average molecular weight is 330 g/mol. The van der Waals surface area contributed by atoms with Gasteiger partial charge < -0.3 is 9.72 Å². The van der Waals surface area contributed by atoms with Crippen molar-refractivity contribution >= 4 is 0 Å². The summed E-state index contributed by atoms with van der Waals surface area (Å²) in [5.41, 5.74) is 3.83. The Hall–Kier alpha value is -3.32. The Labute approximate surface area is 146 Å². The summed E-state index contributed by atoms with van der Waals surface area (Å²) in [4.78, 5) is 15.2. The summed E-state index contributed by atoms with van der Waals surface area (Å²) in [5, 5.41) is 9.42. The van der Waals surface area contributed by atoms with E-state index in [0.29, 0.717) is 17.9 Å². The molecular weight excluding hydrogens is 312 g/mol. The molecule has 0 saturated carbocycles. The highest BCUT2D eigenvalue weighted by Crippen LogP contribution is 2.29. The molecule has 3 aromatic rings. The number of aryl methyl sites for hydroxylation is 1. The summed E-state index contributed by atoms with van der Waals surface area (Å²) in [6, 6.07) is 19.1. The molecule has 3 rings (SSSR count). The Morgan fingerprint density at radius 2 is 1.80 bits per heavy atom. The minimum Gasteiger partial charge on any atom is -0.494 e. The van der Waals surface area contributed by atoms with E-state index in [4.69, 9.17) is 4.74 Å². The van der Waals surface area contributed by atoms with Crippen LogP contribution in [-0.2, 0) is 0 Å². The maximum absolute atomic E-state index is 12.4. The summed E-state index contributed by atoms with van der Waals surface area (Å²) < 4.78 is 5.45. The van der Waals surface area contributed by atoms with Crippen molar-refractivity contribution in [2.75, 3.05) is 6.61 Å². The Morgan fingerprint density at radius 1 is 1.08 bits per heavy atom. The third-order valence-corrected chi connectivity index (χ3v) is 4.06. The first-order chi connectivity index (χ1) is 12.1. The van der Waals surface area contributed by atoms with Crippen molar-refractivity contribution in [3.63, 3.8) is 0 Å². The number of nitriles is 1. The van der Waals surface area contributed by atoms with Crippen molar-refractivity contribution in [1.82, 2.24) is 4.98 Å². The predicted octanol–water partition coefficient (Wildman–Crippen LogP) is 4.29. The zero-order chi connectivity index (χ0) is 17.8. The molecule has 1 aromatic heterocycles. The smallest absolute Gasteiger partial charge is 0.266 e. The van der Waals surface area contributed by atoms with Gasteiger partial charge in [-0.1, -0.05) is 24.3 Å². The van der Waals surface area contributed by atoms with Gasteiger partial charge in [0.1, 0.15) is 17.4 Å². The van der Waals surface area contributed by atoms with Crippen molar-refractivity contribution in [2.45, 2.75) is 13.8 Å². The molecule has 25 heavy (non-hydrogen) atoms. The lowest BCUT2D eigenvalue weighted by Gasteiger charge is -2.11. The van der Waals surface area contributed by atoms with Gasteiger partial charge in [0.05, 0.1) is 6.61 Å². The first kappa shape index (κ1) is 16.5. The van der Waals surface area contributed by atoms with E-state index >= 15 is 0 Å². The number of hydrogen-bond donors (Lipinski definition) is 1. The third-order valence-electron chi connectivity index (χ3n) is 4.06. The van der Waals surface area contributed by atoms with Crippen molar-refractivity contribution in [1.29, 1.82) is 5.26 Å². The van der Waals surface area contributed by atoms with Crippen LogP contribution in [0, 0.1) is 18.3 Å². The van der Waals surface area contributed by atoms with E-state index in [9.17, 15) is 10.1 Å². The molecule has 0 bridgehead atoms. The summed E-state index contributed by atoms with van der Waals surface area (Å²) in [6.45, 7) is 4.50. The van der Waals surface area contributed by atoms with Crippen LogP contribution in [0.1, 0.15) is 18.1 Å². The lowest BCUT2D eigenvalue weighted by Crippen LogP contribution is -2.13. The highest BCUT2D eigenvalue weighted by molar-refractivity contribution is 5.77. The largest absolute Gasteiger partial charge is 0.494 e. The van der Waals surface area contributed by atoms with Crippen molar-refractivity contribution in [3.8, 4) is 34.2 Å². The number of H-pyrrole nitrogens is 1. The highest BCUT2D eigenvalue weighted by Gasteiger charge is 2.13. The van der Waals surface area contributed by atoms with Gasteiger partial charge in [0.2, 0.25) is 0 Å². The van der Waals surface area contributed by atoms with Gasteiger partial charge in [-0.05, 0) is 60.9 Å². The van der Waals surface area contributed by atoms with Crippen LogP contribution in [0.25, 0.3) is 22.4 Å². The quantitative estimate of drug-likeness (QED) is 0.776. The predicted molar refractivity (Wildman–Crippen MR) is 98.6 cm³/mol. The van der Waals surface area contributed by atoms with E-state index in [1.807, 2.05) is 74.5 Å². The third kappa shape index (κ3) is 3.31. The molecule has 0 unspecified atom stereocenters. The Morgan fingerprint density at radius 3 is 2.44 bits per heavy atom. The number of hydrogen-bond acceptors (Lipinski definition) is 3. The molecule has 2 aromatic carbocycles. The molecule has 0 radical (unpaired) electrons. The van der Waals surface area contributed by atoms with Crippen LogP contribution in [0.4, 0.5) is 0 Å². The SMILES string of the molecule is CCOc1ccc(-c2cc(-c3ccccc3C)c(C#N)c(=O)[nH]2)cc1. The molecule has 4 heteroatoms. The van der Waals surface area contributed by atoms with Crippen molar-refractivity contribution in [2.24, 2.45) is 0 Å². The number of pyridine rings is 1. The fraction of sp³-hybridized carbons (Fsp3) is 0.143. The zero-order valence-corrected chi connectivity index (χ0v) is 14.2. The Bertz CT molecular complexity index is 996. The van der Waals surface area contributed by atoms with Crippen LogP contribution in [-0.4, -0.2) is 11.6 Å². The number of aromatic nitrogens is 1. The molecule has 1 heterocycles. The molecule has 0 aliphatic rings. The van der Waals surface area contributed by atoms with Gasteiger partial charge in [-0.15, -0.1) is 0 Å². The number of nitrogens with one attached hydrogen (secondary N) is 1. The van der Waals surface area contributed by atoms with E-state index in [1.165, 1.54) is 0 Å². The molecule has 0 aliphatic heterocycles. The van der Waals surface area contributed by atoms with E-state index in [-0.39, 0.29) is 11.1 Å². The minimum atomic E-state index is -0.382. The van der Waals surface area contributed by atoms with Crippen LogP contribution in [0.2, 0.25) is 0 Å². The first-order valence-corrected chi connectivity index (χ1v) is 8.10. The maximum atomic E-state index is 12.4. The highest BCUT2D eigenvalue weighted by atomic mass is 16.5. The Balaban J connectivity index is 2.16. The standard InChI is InChI=1S/C21H18N2O2/c1-3-25-16-10-8-15(9-11-16)20-12-18(19(13-22)21(24)23-20)17-7-5-4-6-14(17)2/h4-12H,3H2,1-2H3,(H,23,24). The molecule has 0 amide bonds. The molecule has 0 fully saturated rings. The minimum absolute atomic E-state index is 0.129. The lowest BCUT2D eigenvalue weighted by atomic mass is 9.96. The zero-order valence-electron chi connectivity index (χ0n) is 14.2. The number of benzene rings is 2. The van der Waals surface area contributed by atoms with E-state index < -0.39 is 0 Å². The van der Waals surface area contributed by atoms with Gasteiger partial charge in [-0.3, -0.25) is 4.79 Å². The normalized spacial score (nSPS) is 10.3.